The van der Waals surface area contributed by atoms with Crippen molar-refractivity contribution in [1.29, 1.82) is 0 Å². The molecule has 5 rings (SSSR count). The van der Waals surface area contributed by atoms with E-state index in [-0.39, 0.29) is 24.9 Å². The van der Waals surface area contributed by atoms with Crippen LogP contribution in [0.5, 0.6) is 0 Å². The fourth-order valence-corrected chi connectivity index (χ4v) is 7.07. The molecule has 2 aromatic rings. The van der Waals surface area contributed by atoms with E-state index >= 15 is 0 Å². The molecule has 264 valence electrons. The minimum atomic E-state index is -5.04. The van der Waals surface area contributed by atoms with Crippen molar-refractivity contribution in [3.63, 3.8) is 0 Å². The van der Waals surface area contributed by atoms with E-state index in [9.17, 15) is 41.0 Å². The molecule has 0 radical (unpaired) electrons. The molecular weight excluding hydrogens is 644 g/mol. The fourth-order valence-electron chi connectivity index (χ4n) is 7.07. The second-order valence-electron chi connectivity index (χ2n) is 13.1. The Kier molecular flexibility index (Phi) is 10.6. The molecule has 1 aromatic carbocycles. The minimum absolute atomic E-state index is 0.0510. The van der Waals surface area contributed by atoms with Gasteiger partial charge >= 0.3 is 24.4 Å². The SMILES string of the molecule is CCCN(CC1CCC(CC(=O)O)CC1)c1ncc(N2CCCC2)nc1CN1C(=O)OC(c2cc(C(F)(F)F)cc(C(F)(F)F)c2)[C@@H]1C. The molecule has 1 amide bonds. The van der Waals surface area contributed by atoms with Gasteiger partial charge in [-0.15, -0.1) is 0 Å². The molecule has 15 heteroatoms. The number of nitrogens with zero attached hydrogens (tertiary/aromatic N) is 5. The lowest BCUT2D eigenvalue weighted by molar-refractivity contribution is -0.143. The molecule has 2 saturated heterocycles. The summed E-state index contributed by atoms with van der Waals surface area (Å²) in [5.41, 5.74) is -2.90. The number of carbonyl (C=O) groups excluding carboxylic acids is 1. The summed E-state index contributed by atoms with van der Waals surface area (Å²) >= 11 is 0. The Bertz CT molecular complexity index is 1420. The molecule has 1 N–H and O–H groups in total. The van der Waals surface area contributed by atoms with Crippen LogP contribution in [0.4, 0.5) is 42.8 Å². The summed E-state index contributed by atoms with van der Waals surface area (Å²) in [6.07, 6.45) is -4.38. The van der Waals surface area contributed by atoms with E-state index < -0.39 is 53.3 Å². The summed E-state index contributed by atoms with van der Waals surface area (Å²) in [5, 5.41) is 9.20. The number of benzene rings is 1. The number of carboxylic acids is 1. The standard InChI is InChI=1S/C33H41F6N5O4/c1-3-10-43(18-22-8-6-21(7-9-22)13-28(45)46)30-26(41-27(17-40-30)42-11-4-5-12-42)19-44-20(2)29(48-31(44)47)23-14-24(32(34,35)36)16-25(15-23)33(37,38)39/h14-17,20-22,29H,3-13,18-19H2,1-2H3,(H,45,46)/t20-,21?,22?,29?/m0/s1. The number of alkyl halides is 6. The van der Waals surface area contributed by atoms with Crippen LogP contribution >= 0.6 is 0 Å². The third-order valence-corrected chi connectivity index (χ3v) is 9.59. The number of amides is 1. The summed E-state index contributed by atoms with van der Waals surface area (Å²) in [6.45, 7) is 6.28. The molecule has 9 nitrogen and oxygen atoms in total. The highest BCUT2D eigenvalue weighted by molar-refractivity contribution is 5.71. The number of hydrogen-bond acceptors (Lipinski definition) is 7. The van der Waals surface area contributed by atoms with Gasteiger partial charge in [0, 0.05) is 32.6 Å². The van der Waals surface area contributed by atoms with Crippen LogP contribution in [0.25, 0.3) is 0 Å². The Labute approximate surface area is 275 Å². The summed E-state index contributed by atoms with van der Waals surface area (Å²) in [7, 11) is 0. The zero-order valence-electron chi connectivity index (χ0n) is 27.0. The number of aliphatic carboxylic acids is 1. The predicted molar refractivity (Wildman–Crippen MR) is 164 cm³/mol. The topological polar surface area (TPSA) is 99.1 Å². The number of anilines is 2. The predicted octanol–water partition coefficient (Wildman–Crippen LogP) is 7.69. The van der Waals surface area contributed by atoms with E-state index in [1.54, 1.807) is 6.20 Å². The maximum absolute atomic E-state index is 13.6. The van der Waals surface area contributed by atoms with Gasteiger partial charge in [-0.25, -0.2) is 14.8 Å². The third kappa shape index (κ3) is 8.25. The van der Waals surface area contributed by atoms with Crippen molar-refractivity contribution >= 4 is 23.7 Å². The average molecular weight is 686 g/mol. The van der Waals surface area contributed by atoms with Crippen LogP contribution in [0.15, 0.2) is 24.4 Å². The first-order chi connectivity index (χ1) is 22.6. The van der Waals surface area contributed by atoms with Gasteiger partial charge in [0.1, 0.15) is 17.6 Å². The van der Waals surface area contributed by atoms with Crippen LogP contribution in [-0.4, -0.2) is 64.3 Å². The first-order valence-electron chi connectivity index (χ1n) is 16.5. The Morgan fingerprint density at radius 1 is 1.00 bits per heavy atom. The van der Waals surface area contributed by atoms with Crippen molar-refractivity contribution in [2.45, 2.75) is 96.3 Å². The first-order valence-corrected chi connectivity index (χ1v) is 16.5. The van der Waals surface area contributed by atoms with E-state index in [2.05, 4.69) is 9.80 Å². The summed E-state index contributed by atoms with van der Waals surface area (Å²) in [4.78, 5) is 39.7. The van der Waals surface area contributed by atoms with Gasteiger partial charge in [0.25, 0.3) is 0 Å². The van der Waals surface area contributed by atoms with Gasteiger partial charge in [0.2, 0.25) is 0 Å². The van der Waals surface area contributed by atoms with Crippen LogP contribution in [0, 0.1) is 11.8 Å². The van der Waals surface area contributed by atoms with Crippen LogP contribution in [-0.2, 0) is 28.4 Å². The van der Waals surface area contributed by atoms with Crippen molar-refractivity contribution in [3.05, 3.63) is 46.8 Å². The first kappa shape index (κ1) is 35.5. The molecule has 0 bridgehead atoms. The zero-order valence-corrected chi connectivity index (χ0v) is 27.0. The second-order valence-corrected chi connectivity index (χ2v) is 13.1. The number of hydrogen-bond donors (Lipinski definition) is 1. The molecule has 1 unspecified atom stereocenters. The summed E-state index contributed by atoms with van der Waals surface area (Å²) in [5.74, 6) is 0.817. The Morgan fingerprint density at radius 3 is 2.17 bits per heavy atom. The lowest BCUT2D eigenvalue weighted by Crippen LogP contribution is -2.36. The summed E-state index contributed by atoms with van der Waals surface area (Å²) < 4.78 is 87.1. The number of rotatable bonds is 11. The van der Waals surface area contributed by atoms with Gasteiger partial charge in [-0.05, 0) is 87.5 Å². The number of halogens is 6. The van der Waals surface area contributed by atoms with Crippen molar-refractivity contribution < 1.29 is 45.8 Å². The third-order valence-electron chi connectivity index (χ3n) is 9.59. The number of carboxylic acid groups (broad SMARTS) is 1. The molecule has 3 heterocycles. The lowest BCUT2D eigenvalue weighted by Gasteiger charge is -2.34. The van der Waals surface area contributed by atoms with E-state index in [1.807, 2.05) is 6.92 Å². The van der Waals surface area contributed by atoms with Crippen molar-refractivity contribution in [2.75, 3.05) is 36.0 Å². The van der Waals surface area contributed by atoms with Gasteiger partial charge in [0.15, 0.2) is 5.82 Å². The highest BCUT2D eigenvalue weighted by atomic mass is 19.4. The average Bonchev–Trinajstić information content (AvgIpc) is 3.65. The molecule has 1 aliphatic carbocycles. The van der Waals surface area contributed by atoms with Crippen molar-refractivity contribution in [1.82, 2.24) is 14.9 Å². The van der Waals surface area contributed by atoms with Gasteiger partial charge in [-0.1, -0.05) is 6.92 Å². The highest BCUT2D eigenvalue weighted by Crippen LogP contribution is 2.41. The number of aromatic nitrogens is 2. The van der Waals surface area contributed by atoms with Crippen LogP contribution in [0.2, 0.25) is 0 Å². The zero-order chi connectivity index (χ0) is 34.8. The van der Waals surface area contributed by atoms with Gasteiger partial charge < -0.3 is 19.6 Å². The van der Waals surface area contributed by atoms with Gasteiger partial charge in [0.05, 0.1) is 29.9 Å². The van der Waals surface area contributed by atoms with Crippen LogP contribution in [0.1, 0.15) is 93.7 Å². The molecule has 3 aliphatic rings. The van der Waals surface area contributed by atoms with E-state index in [1.165, 1.54) is 11.8 Å². The van der Waals surface area contributed by atoms with E-state index in [0.29, 0.717) is 48.5 Å². The monoisotopic (exact) mass is 685 g/mol. The summed E-state index contributed by atoms with van der Waals surface area (Å²) in [6, 6.07) is 0.326. The number of carbonyl (C=O) groups is 2. The normalized spacial score (nSPS) is 23.5. The van der Waals surface area contributed by atoms with Crippen molar-refractivity contribution in [2.24, 2.45) is 11.8 Å². The molecule has 3 fully saturated rings. The fraction of sp³-hybridized carbons (Fsp3) is 0.636. The smallest absolute Gasteiger partial charge is 0.416 e. The van der Waals surface area contributed by atoms with Gasteiger partial charge in [-0.2, -0.15) is 26.3 Å². The minimum Gasteiger partial charge on any atom is -0.481 e. The van der Waals surface area contributed by atoms with Crippen molar-refractivity contribution in [3.8, 4) is 0 Å². The molecule has 1 saturated carbocycles. The molecule has 2 aliphatic heterocycles. The van der Waals surface area contributed by atoms with E-state index in [0.717, 1.165) is 58.0 Å². The Hall–Kier alpha value is -3.78. The highest BCUT2D eigenvalue weighted by Gasteiger charge is 2.44. The quantitative estimate of drug-likeness (QED) is 0.241. The van der Waals surface area contributed by atoms with E-state index in [4.69, 9.17) is 14.7 Å². The van der Waals surface area contributed by atoms with Gasteiger partial charge in [-0.3, -0.25) is 9.69 Å². The molecule has 1 aromatic heterocycles. The Morgan fingerprint density at radius 2 is 1.60 bits per heavy atom. The Balaban J connectivity index is 1.43. The maximum atomic E-state index is 13.6. The lowest BCUT2D eigenvalue weighted by atomic mass is 9.80. The molecule has 0 spiro atoms. The second kappa shape index (κ2) is 14.4. The molecular formula is C33H41F6N5O4. The number of ether oxygens (including phenoxy) is 1. The largest absolute Gasteiger partial charge is 0.481 e. The molecule has 48 heavy (non-hydrogen) atoms. The van der Waals surface area contributed by atoms with Crippen LogP contribution in [0.3, 0.4) is 0 Å². The van der Waals surface area contributed by atoms with Crippen LogP contribution < -0.4 is 9.80 Å². The number of cyclic esters (lactones) is 1. The maximum Gasteiger partial charge on any atom is 0.416 e. The molecule has 2 atom stereocenters.